The summed E-state index contributed by atoms with van der Waals surface area (Å²) in [4.78, 5) is 11.4. The maximum atomic E-state index is 11.8. The van der Waals surface area contributed by atoms with E-state index in [0.29, 0.717) is 0 Å². The van der Waals surface area contributed by atoms with Gasteiger partial charge in [0.05, 0.1) is 6.61 Å². The summed E-state index contributed by atoms with van der Waals surface area (Å²) in [5, 5.41) is 8.78. The van der Waals surface area contributed by atoms with Crippen LogP contribution in [0.2, 0.25) is 0 Å². The maximum Gasteiger partial charge on any atom is 0.371 e. The molecule has 0 saturated heterocycles. The Bertz CT molecular complexity index is 296. The molecule has 0 saturated carbocycles. The van der Waals surface area contributed by atoms with Crippen molar-refractivity contribution in [2.75, 3.05) is 20.8 Å². The van der Waals surface area contributed by atoms with E-state index in [2.05, 4.69) is 13.8 Å². The van der Waals surface area contributed by atoms with Crippen LogP contribution in [0, 0.1) is 0 Å². The second-order valence-corrected chi connectivity index (χ2v) is 4.69. The average molecular weight is 238 g/mol. The summed E-state index contributed by atoms with van der Waals surface area (Å²) >= 11 is 0. The molecule has 0 spiro atoms. The minimum atomic E-state index is -3.78. The predicted molar refractivity (Wildman–Crippen MR) is 53.6 cm³/mol. The van der Waals surface area contributed by atoms with Gasteiger partial charge in [0, 0.05) is 14.2 Å². The van der Waals surface area contributed by atoms with Crippen LogP contribution >= 0.6 is 7.60 Å². The molecule has 0 fully saturated rings. The van der Waals surface area contributed by atoms with Crippen LogP contribution < -0.4 is 0 Å². The van der Waals surface area contributed by atoms with Gasteiger partial charge >= 0.3 is 13.6 Å². The van der Waals surface area contributed by atoms with Crippen LogP contribution in [-0.2, 0) is 23.1 Å². The minimum absolute atomic E-state index is 0.100. The van der Waals surface area contributed by atoms with Crippen LogP contribution in [0.25, 0.3) is 0 Å². The summed E-state index contributed by atoms with van der Waals surface area (Å²) in [5.74, 6) is -1.36. The fraction of sp³-hybridized carbons (Fsp3) is 0.625. The first-order valence-corrected chi connectivity index (χ1v) is 5.76. The number of hydrogen-bond acceptors (Lipinski definition) is 6. The normalized spacial score (nSPS) is 13.3. The van der Waals surface area contributed by atoms with E-state index in [9.17, 15) is 14.5 Å². The van der Waals surface area contributed by atoms with Gasteiger partial charge in [-0.25, -0.2) is 4.79 Å². The zero-order valence-corrected chi connectivity index (χ0v) is 10.0. The third-order valence-corrected chi connectivity index (χ3v) is 3.58. The molecule has 0 amide bonds. The average Bonchev–Trinajstić information content (AvgIpc) is 2.17. The molecule has 6 nitrogen and oxygen atoms in total. The van der Waals surface area contributed by atoms with E-state index in [1.807, 2.05) is 0 Å². The topological polar surface area (TPSA) is 82.1 Å². The molecule has 0 rings (SSSR count). The molecule has 0 heterocycles. The van der Waals surface area contributed by atoms with Crippen molar-refractivity contribution >= 4 is 13.6 Å². The van der Waals surface area contributed by atoms with Crippen molar-refractivity contribution < 1.29 is 28.3 Å². The van der Waals surface area contributed by atoms with E-state index in [4.69, 9.17) is 0 Å². The van der Waals surface area contributed by atoms with E-state index in [-0.39, 0.29) is 6.61 Å². The molecule has 0 bridgehead atoms. The number of rotatable bonds is 5. The van der Waals surface area contributed by atoms with Crippen molar-refractivity contribution in [3.8, 4) is 0 Å². The van der Waals surface area contributed by atoms with E-state index < -0.39 is 24.6 Å². The first-order chi connectivity index (χ1) is 6.92. The van der Waals surface area contributed by atoms with Gasteiger partial charge < -0.3 is 18.9 Å². The quantitative estimate of drug-likeness (QED) is 0.340. The van der Waals surface area contributed by atoms with Crippen LogP contribution in [0.4, 0.5) is 0 Å². The monoisotopic (exact) mass is 238 g/mol. The standard InChI is InChI=1S/C8H15O6P/c1-5-14-8(10)7(6(2)9)15(11,12-3)13-4/h9H,5H2,1-4H3/b7-6+. The van der Waals surface area contributed by atoms with Crippen molar-refractivity contribution in [3.05, 3.63) is 11.1 Å². The summed E-state index contributed by atoms with van der Waals surface area (Å²) in [6, 6.07) is 0. The molecule has 7 heteroatoms. The third kappa shape index (κ3) is 3.34. The number of esters is 1. The zero-order valence-electron chi connectivity index (χ0n) is 9.14. The molecule has 0 atom stereocenters. The molecule has 0 aliphatic rings. The predicted octanol–water partition coefficient (Wildman–Crippen LogP) is 1.82. The molecule has 0 aromatic carbocycles. The van der Waals surface area contributed by atoms with Crippen molar-refractivity contribution in [2.45, 2.75) is 13.8 Å². The molecular weight excluding hydrogens is 223 g/mol. The molecule has 1 N–H and O–H groups in total. The Morgan fingerprint density at radius 1 is 1.33 bits per heavy atom. The number of hydrogen-bond donors (Lipinski definition) is 1. The van der Waals surface area contributed by atoms with Gasteiger partial charge in [-0.15, -0.1) is 0 Å². The summed E-state index contributed by atoms with van der Waals surface area (Å²) in [6.45, 7) is 2.90. The zero-order chi connectivity index (χ0) is 12.1. The number of carbonyl (C=O) groups excluding carboxylic acids is 1. The van der Waals surface area contributed by atoms with Gasteiger partial charge in [-0.2, -0.15) is 0 Å². The van der Waals surface area contributed by atoms with E-state index >= 15 is 0 Å². The lowest BCUT2D eigenvalue weighted by Crippen LogP contribution is -2.11. The molecule has 0 aliphatic heterocycles. The number of carbonyl (C=O) groups is 1. The van der Waals surface area contributed by atoms with E-state index in [0.717, 1.165) is 14.2 Å². The van der Waals surface area contributed by atoms with Gasteiger partial charge in [0.2, 0.25) is 0 Å². The van der Waals surface area contributed by atoms with Crippen LogP contribution in [0.3, 0.4) is 0 Å². The first-order valence-electron chi connectivity index (χ1n) is 4.22. The van der Waals surface area contributed by atoms with Gasteiger partial charge in [-0.1, -0.05) is 0 Å². The third-order valence-electron chi connectivity index (χ3n) is 1.57. The molecule has 0 aromatic heterocycles. The Hall–Kier alpha value is -0.840. The Balaban J connectivity index is 5.27. The highest BCUT2D eigenvalue weighted by Gasteiger charge is 2.37. The molecule has 0 aromatic rings. The molecule has 0 aliphatic carbocycles. The number of aliphatic hydroxyl groups excluding tert-OH is 1. The van der Waals surface area contributed by atoms with Crippen LogP contribution in [0.1, 0.15) is 13.8 Å². The molecule has 0 radical (unpaired) electrons. The largest absolute Gasteiger partial charge is 0.511 e. The summed E-state index contributed by atoms with van der Waals surface area (Å²) < 4.78 is 25.7. The highest BCUT2D eigenvalue weighted by atomic mass is 31.2. The van der Waals surface area contributed by atoms with Crippen LogP contribution in [-0.4, -0.2) is 31.9 Å². The van der Waals surface area contributed by atoms with Gasteiger partial charge in [0.1, 0.15) is 5.76 Å². The molecule has 0 unspecified atom stereocenters. The van der Waals surface area contributed by atoms with Crippen molar-refractivity contribution in [2.24, 2.45) is 0 Å². The molecule has 15 heavy (non-hydrogen) atoms. The second-order valence-electron chi connectivity index (χ2n) is 2.52. The highest BCUT2D eigenvalue weighted by molar-refractivity contribution is 7.59. The highest BCUT2D eigenvalue weighted by Crippen LogP contribution is 2.55. The molecule has 88 valence electrons. The van der Waals surface area contributed by atoms with E-state index in [1.165, 1.54) is 6.92 Å². The lowest BCUT2D eigenvalue weighted by Gasteiger charge is -2.16. The lowest BCUT2D eigenvalue weighted by atomic mass is 10.5. The van der Waals surface area contributed by atoms with Gasteiger partial charge in [-0.3, -0.25) is 4.57 Å². The van der Waals surface area contributed by atoms with Crippen molar-refractivity contribution in [1.82, 2.24) is 0 Å². The minimum Gasteiger partial charge on any atom is -0.511 e. The molecular formula is C8H15O6P. The van der Waals surface area contributed by atoms with Gasteiger partial charge in [0.25, 0.3) is 0 Å². The van der Waals surface area contributed by atoms with Gasteiger partial charge in [-0.05, 0) is 13.8 Å². The Morgan fingerprint density at radius 3 is 2.07 bits per heavy atom. The summed E-state index contributed by atoms with van der Waals surface area (Å²) in [6.07, 6.45) is 0. The second kappa shape index (κ2) is 5.90. The lowest BCUT2D eigenvalue weighted by molar-refractivity contribution is -0.138. The smallest absolute Gasteiger partial charge is 0.371 e. The number of allylic oxidation sites excluding steroid dienone is 1. The Kier molecular flexibility index (Phi) is 5.57. The fourth-order valence-corrected chi connectivity index (χ4v) is 2.11. The van der Waals surface area contributed by atoms with Gasteiger partial charge in [0.15, 0.2) is 5.31 Å². The van der Waals surface area contributed by atoms with Crippen LogP contribution in [0.5, 0.6) is 0 Å². The Labute approximate surface area is 88.4 Å². The number of ether oxygens (including phenoxy) is 1. The Morgan fingerprint density at radius 2 is 1.80 bits per heavy atom. The van der Waals surface area contributed by atoms with Crippen molar-refractivity contribution in [3.63, 3.8) is 0 Å². The van der Waals surface area contributed by atoms with Crippen molar-refractivity contribution in [1.29, 1.82) is 0 Å². The maximum absolute atomic E-state index is 11.8. The summed E-state index contributed by atoms with van der Waals surface area (Å²) in [7, 11) is -1.54. The summed E-state index contributed by atoms with van der Waals surface area (Å²) in [5.41, 5.74) is 0. The fourth-order valence-electron chi connectivity index (χ4n) is 0.914. The van der Waals surface area contributed by atoms with E-state index in [1.54, 1.807) is 6.92 Å². The van der Waals surface area contributed by atoms with Crippen LogP contribution in [0.15, 0.2) is 11.1 Å². The number of aliphatic hydroxyl groups is 1. The SMILES string of the molecule is CCOC(=O)/C(=C(/C)O)P(=O)(OC)OC. The first kappa shape index (κ1) is 14.2.